The van der Waals surface area contributed by atoms with Gasteiger partial charge < -0.3 is 14.4 Å². The molecule has 29 heavy (non-hydrogen) atoms. The molecule has 2 aliphatic carbocycles. The van der Waals surface area contributed by atoms with Gasteiger partial charge in [0.15, 0.2) is 0 Å². The Balaban J connectivity index is 0.00000205. The smallest absolute Gasteiger partial charge is 0.137 e. The Morgan fingerprint density at radius 1 is 1.17 bits per heavy atom. The molecular formula is C23H25ClFNO2S. The summed E-state index contributed by atoms with van der Waals surface area (Å²) in [5.41, 5.74) is 3.92. The topological polar surface area (TPSA) is 21.7 Å². The summed E-state index contributed by atoms with van der Waals surface area (Å²) in [6.45, 7) is 5.11. The molecule has 0 spiro atoms. The molecule has 3 nitrogen and oxygen atoms in total. The Kier molecular flexibility index (Phi) is 6.50. The van der Waals surface area contributed by atoms with E-state index in [4.69, 9.17) is 9.47 Å². The largest absolute Gasteiger partial charge is 0.488 e. The summed E-state index contributed by atoms with van der Waals surface area (Å²) < 4.78 is 26.0. The lowest BCUT2D eigenvalue weighted by Gasteiger charge is -2.19. The van der Waals surface area contributed by atoms with Crippen molar-refractivity contribution >= 4 is 24.2 Å². The van der Waals surface area contributed by atoms with Gasteiger partial charge in [0.2, 0.25) is 0 Å². The van der Waals surface area contributed by atoms with Gasteiger partial charge in [-0.05, 0) is 56.2 Å². The van der Waals surface area contributed by atoms with Crippen LogP contribution < -0.4 is 0 Å². The molecule has 5 rings (SSSR count). The molecule has 0 aromatic rings. The number of ether oxygens (including phenoxy) is 2. The molecule has 3 heterocycles. The number of hydrogen-bond acceptors (Lipinski definition) is 4. The first-order valence-electron chi connectivity index (χ1n) is 10.0. The van der Waals surface area contributed by atoms with Crippen LogP contribution in [0.4, 0.5) is 4.39 Å². The number of likely N-dealkylation sites (tertiary alicyclic amines) is 1. The lowest BCUT2D eigenvalue weighted by molar-refractivity contribution is 0.132. The highest BCUT2D eigenvalue weighted by Crippen LogP contribution is 2.48. The first-order valence-corrected chi connectivity index (χ1v) is 10.9. The van der Waals surface area contributed by atoms with Crippen LogP contribution in [0.15, 0.2) is 80.1 Å². The first kappa shape index (κ1) is 20.7. The maximum absolute atomic E-state index is 14.3. The van der Waals surface area contributed by atoms with Gasteiger partial charge >= 0.3 is 0 Å². The number of nitrogens with zero attached hydrogens (tertiary/aromatic N) is 1. The third-order valence-electron chi connectivity index (χ3n) is 5.67. The fourth-order valence-corrected chi connectivity index (χ4v) is 5.29. The second kappa shape index (κ2) is 9.09. The zero-order valence-corrected chi connectivity index (χ0v) is 17.9. The average Bonchev–Trinajstić information content (AvgIpc) is 3.31. The Bertz CT molecular complexity index is 904. The average molecular weight is 434 g/mol. The molecule has 0 aromatic heterocycles. The fraction of sp³-hybridized carbons (Fsp3) is 0.391. The molecule has 154 valence electrons. The second-order valence-corrected chi connectivity index (χ2v) is 8.68. The van der Waals surface area contributed by atoms with Gasteiger partial charge in [-0.3, -0.25) is 0 Å². The van der Waals surface area contributed by atoms with E-state index in [9.17, 15) is 4.39 Å². The second-order valence-electron chi connectivity index (χ2n) is 7.54. The van der Waals surface area contributed by atoms with Crippen molar-refractivity contribution in [3.05, 3.63) is 80.1 Å². The van der Waals surface area contributed by atoms with E-state index in [1.165, 1.54) is 47.4 Å². The van der Waals surface area contributed by atoms with Crippen LogP contribution >= 0.6 is 24.2 Å². The van der Waals surface area contributed by atoms with Crippen molar-refractivity contribution in [1.82, 2.24) is 4.90 Å². The summed E-state index contributed by atoms with van der Waals surface area (Å²) in [5.74, 6) is 0.495. The molecule has 0 amide bonds. The molecule has 3 aliphatic heterocycles. The highest BCUT2D eigenvalue weighted by Gasteiger charge is 2.31. The molecule has 0 bridgehead atoms. The van der Waals surface area contributed by atoms with Crippen LogP contribution in [0.2, 0.25) is 0 Å². The van der Waals surface area contributed by atoms with Crippen molar-refractivity contribution < 1.29 is 13.9 Å². The number of fused-ring (bicyclic) bond motifs is 3. The molecule has 6 heteroatoms. The molecule has 1 saturated heterocycles. The summed E-state index contributed by atoms with van der Waals surface area (Å²) in [7, 11) is 0. The fourth-order valence-electron chi connectivity index (χ4n) is 4.19. The van der Waals surface area contributed by atoms with Crippen LogP contribution in [0.5, 0.6) is 0 Å². The SMILES string of the molecule is Cl.FC1=CCOC2=C3C=CCC4=CC=C(COCCN5CCCC5)SC4=C3C=C12. The number of halogens is 2. The molecule has 0 unspecified atom stereocenters. The molecular weight excluding hydrogens is 409 g/mol. The van der Waals surface area contributed by atoms with Crippen LogP contribution in [-0.4, -0.2) is 44.4 Å². The number of rotatable bonds is 5. The first-order chi connectivity index (χ1) is 13.8. The van der Waals surface area contributed by atoms with E-state index < -0.39 is 0 Å². The zero-order chi connectivity index (χ0) is 18.9. The summed E-state index contributed by atoms with van der Waals surface area (Å²) >= 11 is 1.75. The van der Waals surface area contributed by atoms with Gasteiger partial charge in [-0.2, -0.15) is 0 Å². The quantitative estimate of drug-likeness (QED) is 0.543. The van der Waals surface area contributed by atoms with E-state index in [1.807, 2.05) is 6.08 Å². The summed E-state index contributed by atoms with van der Waals surface area (Å²) in [4.78, 5) is 4.87. The van der Waals surface area contributed by atoms with E-state index >= 15 is 0 Å². The van der Waals surface area contributed by atoms with Crippen LogP contribution in [-0.2, 0) is 9.47 Å². The van der Waals surface area contributed by atoms with Gasteiger partial charge in [0, 0.05) is 27.5 Å². The number of thioether (sulfide) groups is 1. The van der Waals surface area contributed by atoms with Gasteiger partial charge in [0.1, 0.15) is 18.2 Å². The molecule has 0 radical (unpaired) electrons. The standard InChI is InChI=1S/C23H24FNO2S.ClH/c24-21-8-12-27-22-18-5-3-4-16-6-7-17(28-23(16)19(18)14-20(21)22)15-26-13-11-25-9-1-2-10-25;/h3,5-8,14H,1-2,4,9-13,15H2;1H. The molecule has 1 fully saturated rings. The normalized spacial score (nSPS) is 23.2. The maximum Gasteiger partial charge on any atom is 0.137 e. The van der Waals surface area contributed by atoms with E-state index in [2.05, 4.69) is 29.2 Å². The number of allylic oxidation sites excluding steroid dienone is 9. The van der Waals surface area contributed by atoms with Crippen molar-refractivity contribution in [2.45, 2.75) is 19.3 Å². The Morgan fingerprint density at radius 2 is 2.03 bits per heavy atom. The minimum Gasteiger partial charge on any atom is -0.488 e. The molecule has 0 N–H and O–H groups in total. The number of hydrogen-bond donors (Lipinski definition) is 0. The van der Waals surface area contributed by atoms with E-state index in [1.54, 1.807) is 11.8 Å². The maximum atomic E-state index is 14.3. The van der Waals surface area contributed by atoms with Crippen LogP contribution in [0.25, 0.3) is 0 Å². The van der Waals surface area contributed by atoms with E-state index in [0.717, 1.165) is 30.7 Å². The van der Waals surface area contributed by atoms with Gasteiger partial charge in [0.05, 0.1) is 18.8 Å². The highest BCUT2D eigenvalue weighted by molar-refractivity contribution is 8.07. The highest BCUT2D eigenvalue weighted by atomic mass is 35.5. The van der Waals surface area contributed by atoms with Crippen molar-refractivity contribution in [2.24, 2.45) is 0 Å². The van der Waals surface area contributed by atoms with Gasteiger partial charge in [-0.1, -0.05) is 30.0 Å². The Labute approximate surface area is 181 Å². The van der Waals surface area contributed by atoms with Crippen molar-refractivity contribution in [1.29, 1.82) is 0 Å². The lowest BCUT2D eigenvalue weighted by atomic mass is 10.1. The molecule has 0 atom stereocenters. The van der Waals surface area contributed by atoms with Crippen molar-refractivity contribution in [3.63, 3.8) is 0 Å². The Morgan fingerprint density at radius 3 is 2.90 bits per heavy atom. The lowest BCUT2D eigenvalue weighted by Crippen LogP contribution is -2.24. The summed E-state index contributed by atoms with van der Waals surface area (Å²) in [5, 5.41) is 0. The summed E-state index contributed by atoms with van der Waals surface area (Å²) in [6.07, 6.45) is 15.5. The van der Waals surface area contributed by atoms with Crippen molar-refractivity contribution in [3.8, 4) is 0 Å². The molecule has 5 aliphatic rings. The van der Waals surface area contributed by atoms with Gasteiger partial charge in [0.25, 0.3) is 0 Å². The van der Waals surface area contributed by atoms with E-state index in [0.29, 0.717) is 24.5 Å². The third-order valence-corrected chi connectivity index (χ3v) is 6.87. The minimum absolute atomic E-state index is 0. The Hall–Kier alpha value is -1.53. The monoisotopic (exact) mass is 433 g/mol. The van der Waals surface area contributed by atoms with Crippen molar-refractivity contribution in [2.75, 3.05) is 39.5 Å². The third kappa shape index (κ3) is 4.19. The van der Waals surface area contributed by atoms with Crippen LogP contribution in [0, 0.1) is 0 Å². The molecule has 0 aromatic carbocycles. The molecule has 0 saturated carbocycles. The minimum atomic E-state index is -0.185. The van der Waals surface area contributed by atoms with Crippen LogP contribution in [0.3, 0.4) is 0 Å². The summed E-state index contributed by atoms with van der Waals surface area (Å²) in [6, 6.07) is 0. The predicted octanol–water partition coefficient (Wildman–Crippen LogP) is 5.37. The van der Waals surface area contributed by atoms with E-state index in [-0.39, 0.29) is 18.2 Å². The zero-order valence-electron chi connectivity index (χ0n) is 16.3. The van der Waals surface area contributed by atoms with Gasteiger partial charge in [-0.15, -0.1) is 12.4 Å². The van der Waals surface area contributed by atoms with Crippen LogP contribution in [0.1, 0.15) is 19.3 Å². The van der Waals surface area contributed by atoms with Gasteiger partial charge in [-0.25, -0.2) is 4.39 Å². The predicted molar refractivity (Wildman–Crippen MR) is 119 cm³/mol.